The Bertz CT molecular complexity index is 748. The lowest BCUT2D eigenvalue weighted by molar-refractivity contribution is -0.147. The number of aromatic hydroxyl groups is 1. The molecule has 0 aromatic heterocycles. The fourth-order valence-corrected chi connectivity index (χ4v) is 5.00. The Hall–Kier alpha value is -1.55. The lowest BCUT2D eigenvalue weighted by Gasteiger charge is -2.50. The van der Waals surface area contributed by atoms with Gasteiger partial charge in [-0.05, 0) is 66.3 Å². The van der Waals surface area contributed by atoms with Crippen molar-refractivity contribution >= 4 is 5.91 Å². The van der Waals surface area contributed by atoms with Crippen LogP contribution in [0.4, 0.5) is 0 Å². The monoisotopic (exact) mass is 400 g/mol. The number of nitrogens with one attached hydrogen (secondary N) is 1. The lowest BCUT2D eigenvalue weighted by Crippen LogP contribution is -2.70. The number of hydrogen-bond donors (Lipinski definition) is 2. The van der Waals surface area contributed by atoms with E-state index in [2.05, 4.69) is 63.9 Å². The van der Waals surface area contributed by atoms with Gasteiger partial charge < -0.3 is 10.0 Å². The van der Waals surface area contributed by atoms with Crippen LogP contribution in [-0.2, 0) is 22.2 Å². The molecule has 0 bridgehead atoms. The highest BCUT2D eigenvalue weighted by molar-refractivity contribution is 5.87. The molecule has 0 radical (unpaired) electrons. The van der Waals surface area contributed by atoms with Gasteiger partial charge >= 0.3 is 0 Å². The molecule has 1 heterocycles. The van der Waals surface area contributed by atoms with E-state index in [1.54, 1.807) is 0 Å². The number of rotatable bonds is 2. The molecular formula is C25H40N2O2. The normalized spacial score (nSPS) is 25.1. The van der Waals surface area contributed by atoms with Crippen LogP contribution in [0.5, 0.6) is 5.75 Å². The summed E-state index contributed by atoms with van der Waals surface area (Å²) < 4.78 is 0. The number of benzene rings is 1. The first kappa shape index (κ1) is 22.1. The van der Waals surface area contributed by atoms with Crippen molar-refractivity contribution in [3.8, 4) is 5.75 Å². The van der Waals surface area contributed by atoms with Gasteiger partial charge in [0.05, 0.1) is 5.54 Å². The van der Waals surface area contributed by atoms with Crippen LogP contribution >= 0.6 is 0 Å². The summed E-state index contributed by atoms with van der Waals surface area (Å²) in [5.41, 5.74) is 2.17. The predicted molar refractivity (Wildman–Crippen MR) is 119 cm³/mol. The molecule has 1 saturated carbocycles. The van der Waals surface area contributed by atoms with E-state index >= 15 is 0 Å². The number of carbonyl (C=O) groups excluding carboxylic acids is 1. The zero-order valence-electron chi connectivity index (χ0n) is 19.6. The van der Waals surface area contributed by atoms with E-state index in [-0.39, 0.29) is 22.8 Å². The van der Waals surface area contributed by atoms with Gasteiger partial charge in [-0.1, -0.05) is 54.4 Å². The highest BCUT2D eigenvalue weighted by Gasteiger charge is 2.46. The second-order valence-corrected chi connectivity index (χ2v) is 11.7. The summed E-state index contributed by atoms with van der Waals surface area (Å²) in [6.07, 6.45) is 4.61. The van der Waals surface area contributed by atoms with Gasteiger partial charge in [0.1, 0.15) is 5.75 Å². The van der Waals surface area contributed by atoms with Crippen molar-refractivity contribution in [2.24, 2.45) is 0 Å². The second-order valence-electron chi connectivity index (χ2n) is 11.7. The molecule has 1 aromatic carbocycles. The third-order valence-electron chi connectivity index (χ3n) is 6.61. The van der Waals surface area contributed by atoms with Gasteiger partial charge in [0.15, 0.2) is 0 Å². The molecule has 2 fully saturated rings. The van der Waals surface area contributed by atoms with E-state index in [1.807, 2.05) is 13.8 Å². The van der Waals surface area contributed by atoms with E-state index in [1.165, 1.54) is 12.8 Å². The maximum absolute atomic E-state index is 13.4. The van der Waals surface area contributed by atoms with Crippen LogP contribution < -0.4 is 5.32 Å². The van der Waals surface area contributed by atoms with E-state index < -0.39 is 5.54 Å². The van der Waals surface area contributed by atoms with E-state index in [9.17, 15) is 9.90 Å². The molecule has 162 valence electrons. The molecule has 1 saturated heterocycles. The predicted octanol–water partition coefficient (Wildman–Crippen LogP) is 5.01. The zero-order valence-corrected chi connectivity index (χ0v) is 19.6. The number of fused-ring (bicyclic) bond motifs is 1. The van der Waals surface area contributed by atoms with Gasteiger partial charge in [0.25, 0.3) is 0 Å². The Morgan fingerprint density at radius 1 is 1.03 bits per heavy atom. The Labute approximate surface area is 177 Å². The molecule has 1 amide bonds. The summed E-state index contributed by atoms with van der Waals surface area (Å²) in [5, 5.41) is 14.6. The number of phenols is 1. The summed E-state index contributed by atoms with van der Waals surface area (Å²) >= 11 is 0. The number of nitrogens with zero attached hydrogens (tertiary/aromatic N) is 1. The SMILES string of the molecule is CC1(C)N[C@@H]2CCCC[C@H]2N(Cc2cc(C(C)(C)C)c(O)c(C(C)(C)C)c2)C1=O. The molecule has 29 heavy (non-hydrogen) atoms. The minimum absolute atomic E-state index is 0.166. The van der Waals surface area contributed by atoms with Crippen LogP contribution in [0, 0.1) is 0 Å². The van der Waals surface area contributed by atoms with Crippen molar-refractivity contribution in [1.82, 2.24) is 10.2 Å². The molecular weight excluding hydrogens is 360 g/mol. The Morgan fingerprint density at radius 3 is 2.07 bits per heavy atom. The first-order chi connectivity index (χ1) is 13.2. The molecule has 2 aliphatic rings. The standard InChI is InChI=1S/C25H40N2O2/c1-23(2,3)17-13-16(14-18(21(17)28)24(4,5)6)15-27-20-12-10-9-11-19(20)26-25(7,8)22(27)29/h13-14,19-20,26,28H,9-12,15H2,1-8H3/t19-,20-/m1/s1. The maximum atomic E-state index is 13.4. The number of hydrogen-bond acceptors (Lipinski definition) is 3. The molecule has 2 N–H and O–H groups in total. The van der Waals surface area contributed by atoms with Crippen molar-refractivity contribution in [1.29, 1.82) is 0 Å². The molecule has 4 heteroatoms. The Kier molecular flexibility index (Phi) is 5.57. The van der Waals surface area contributed by atoms with E-state index in [0.717, 1.165) is 29.5 Å². The van der Waals surface area contributed by atoms with Crippen molar-refractivity contribution in [3.05, 3.63) is 28.8 Å². The summed E-state index contributed by atoms with van der Waals surface area (Å²) in [6.45, 7) is 17.4. The van der Waals surface area contributed by atoms with Crippen molar-refractivity contribution in [3.63, 3.8) is 0 Å². The molecule has 4 nitrogen and oxygen atoms in total. The maximum Gasteiger partial charge on any atom is 0.242 e. The first-order valence-electron chi connectivity index (χ1n) is 11.2. The summed E-state index contributed by atoms with van der Waals surface area (Å²) in [7, 11) is 0. The quantitative estimate of drug-likeness (QED) is 0.734. The van der Waals surface area contributed by atoms with E-state index in [0.29, 0.717) is 18.3 Å². The fourth-order valence-electron chi connectivity index (χ4n) is 5.00. The van der Waals surface area contributed by atoms with Crippen molar-refractivity contribution in [2.45, 2.75) is 116 Å². The second kappa shape index (κ2) is 7.30. The summed E-state index contributed by atoms with van der Waals surface area (Å²) in [6, 6.07) is 4.86. The molecule has 1 aliphatic heterocycles. The van der Waals surface area contributed by atoms with Crippen molar-refractivity contribution in [2.75, 3.05) is 0 Å². The van der Waals surface area contributed by atoms with Crippen LogP contribution in [0.3, 0.4) is 0 Å². The van der Waals surface area contributed by atoms with Gasteiger partial charge in [-0.2, -0.15) is 0 Å². The lowest BCUT2D eigenvalue weighted by atomic mass is 9.78. The van der Waals surface area contributed by atoms with Gasteiger partial charge in [0, 0.05) is 18.6 Å². The highest BCUT2D eigenvalue weighted by Crippen LogP contribution is 2.41. The smallest absolute Gasteiger partial charge is 0.242 e. The number of carbonyl (C=O) groups is 1. The van der Waals surface area contributed by atoms with Gasteiger partial charge in [-0.15, -0.1) is 0 Å². The number of phenolic OH excluding ortho intramolecular Hbond substituents is 1. The average Bonchev–Trinajstić information content (AvgIpc) is 2.57. The van der Waals surface area contributed by atoms with E-state index in [4.69, 9.17) is 0 Å². The van der Waals surface area contributed by atoms with Crippen LogP contribution in [0.1, 0.15) is 97.8 Å². The third-order valence-corrected chi connectivity index (χ3v) is 6.61. The average molecular weight is 401 g/mol. The molecule has 1 aromatic rings. The number of piperazine rings is 1. The van der Waals surface area contributed by atoms with Crippen molar-refractivity contribution < 1.29 is 9.90 Å². The Balaban J connectivity index is 2.04. The third kappa shape index (κ3) is 4.33. The van der Waals surface area contributed by atoms with Gasteiger partial charge in [0.2, 0.25) is 5.91 Å². The molecule has 1 aliphatic carbocycles. The molecule has 0 spiro atoms. The Morgan fingerprint density at radius 2 is 1.55 bits per heavy atom. The van der Waals surface area contributed by atoms with Gasteiger partial charge in [-0.25, -0.2) is 0 Å². The van der Waals surface area contributed by atoms with Crippen LogP contribution in [0.2, 0.25) is 0 Å². The van der Waals surface area contributed by atoms with Crippen LogP contribution in [0.15, 0.2) is 12.1 Å². The summed E-state index contributed by atoms with van der Waals surface area (Å²) in [4.78, 5) is 15.5. The minimum atomic E-state index is -0.533. The van der Waals surface area contributed by atoms with Gasteiger partial charge in [-0.3, -0.25) is 10.1 Å². The molecule has 2 atom stereocenters. The number of amides is 1. The van der Waals surface area contributed by atoms with Crippen LogP contribution in [-0.4, -0.2) is 33.5 Å². The first-order valence-corrected chi connectivity index (χ1v) is 11.2. The summed E-state index contributed by atoms with van der Waals surface area (Å²) in [5.74, 6) is 0.583. The molecule has 0 unspecified atom stereocenters. The minimum Gasteiger partial charge on any atom is -0.507 e. The fraction of sp³-hybridized carbons (Fsp3) is 0.720. The highest BCUT2D eigenvalue weighted by atomic mass is 16.3. The largest absolute Gasteiger partial charge is 0.507 e. The zero-order chi connectivity index (χ0) is 21.8. The van der Waals surface area contributed by atoms with Crippen LogP contribution in [0.25, 0.3) is 0 Å². The molecule has 3 rings (SSSR count). The topological polar surface area (TPSA) is 52.6 Å².